The molecule has 0 N–H and O–H groups in total. The molecule has 34 heavy (non-hydrogen) atoms. The number of thioether (sulfide) groups is 1. The molecule has 6 nitrogen and oxygen atoms in total. The standard InChI is InChI=1S/C27H30N2O4S/c1-18(2)13-15-32-22-11-9-21(10-12-22)25-24(26(31)33-17-20-7-5-4-6-8-20)19(3)28-27-29(25)23(30)14-16-34-27/h4-12,18,25H,13-17H2,1-3H3. The van der Waals surface area contributed by atoms with Crippen molar-refractivity contribution in [2.24, 2.45) is 10.9 Å². The number of amides is 1. The van der Waals surface area contributed by atoms with E-state index in [4.69, 9.17) is 9.47 Å². The van der Waals surface area contributed by atoms with E-state index in [0.29, 0.717) is 41.1 Å². The first-order valence-electron chi connectivity index (χ1n) is 11.6. The first-order chi connectivity index (χ1) is 16.4. The molecule has 0 radical (unpaired) electrons. The van der Waals surface area contributed by atoms with Crippen molar-refractivity contribution in [3.8, 4) is 5.75 Å². The number of allylic oxidation sites excluding steroid dienone is 1. The topological polar surface area (TPSA) is 68.2 Å². The van der Waals surface area contributed by atoms with Gasteiger partial charge < -0.3 is 9.47 Å². The van der Waals surface area contributed by atoms with Gasteiger partial charge in [-0.15, -0.1) is 0 Å². The Kier molecular flexibility index (Phi) is 7.73. The van der Waals surface area contributed by atoms with Gasteiger partial charge in [0.1, 0.15) is 12.4 Å². The summed E-state index contributed by atoms with van der Waals surface area (Å²) in [4.78, 5) is 32.5. The van der Waals surface area contributed by atoms with Gasteiger partial charge in [-0.2, -0.15) is 0 Å². The minimum Gasteiger partial charge on any atom is -0.494 e. The number of aliphatic imine (C=N–C) groups is 1. The van der Waals surface area contributed by atoms with Crippen LogP contribution in [0, 0.1) is 5.92 Å². The van der Waals surface area contributed by atoms with Crippen LogP contribution in [0.5, 0.6) is 5.75 Å². The minimum atomic E-state index is -0.583. The molecule has 4 rings (SSSR count). The van der Waals surface area contributed by atoms with Gasteiger partial charge in [-0.1, -0.05) is 68.1 Å². The average Bonchev–Trinajstić information content (AvgIpc) is 2.83. The van der Waals surface area contributed by atoms with Crippen molar-refractivity contribution < 1.29 is 19.1 Å². The summed E-state index contributed by atoms with van der Waals surface area (Å²) in [6.07, 6.45) is 1.38. The highest BCUT2D eigenvalue weighted by Gasteiger charge is 2.41. The van der Waals surface area contributed by atoms with Crippen LogP contribution in [-0.2, 0) is 20.9 Å². The molecule has 2 aromatic rings. The van der Waals surface area contributed by atoms with Crippen LogP contribution in [0.1, 0.15) is 50.8 Å². The molecule has 1 saturated heterocycles. The maximum Gasteiger partial charge on any atom is 0.338 e. The van der Waals surface area contributed by atoms with Crippen molar-refractivity contribution in [2.75, 3.05) is 12.4 Å². The van der Waals surface area contributed by atoms with E-state index in [1.165, 1.54) is 11.8 Å². The molecule has 2 aliphatic rings. The van der Waals surface area contributed by atoms with Gasteiger partial charge in [-0.25, -0.2) is 9.79 Å². The van der Waals surface area contributed by atoms with Crippen LogP contribution in [0.3, 0.4) is 0 Å². The van der Waals surface area contributed by atoms with Crippen LogP contribution >= 0.6 is 11.8 Å². The number of ether oxygens (including phenoxy) is 2. The highest BCUT2D eigenvalue weighted by atomic mass is 32.2. The number of rotatable bonds is 8. The van der Waals surface area contributed by atoms with E-state index < -0.39 is 12.0 Å². The predicted molar refractivity (Wildman–Crippen MR) is 134 cm³/mol. The summed E-state index contributed by atoms with van der Waals surface area (Å²) in [6, 6.07) is 16.6. The van der Waals surface area contributed by atoms with Crippen molar-refractivity contribution in [2.45, 2.75) is 46.3 Å². The Morgan fingerprint density at radius 1 is 1.15 bits per heavy atom. The highest BCUT2D eigenvalue weighted by molar-refractivity contribution is 8.14. The zero-order valence-electron chi connectivity index (χ0n) is 19.8. The van der Waals surface area contributed by atoms with E-state index in [0.717, 1.165) is 23.3 Å². The summed E-state index contributed by atoms with van der Waals surface area (Å²) in [5.41, 5.74) is 2.70. The molecule has 1 unspecified atom stereocenters. The number of nitrogens with zero attached hydrogens (tertiary/aromatic N) is 2. The number of esters is 1. The fraction of sp³-hybridized carbons (Fsp3) is 0.370. The molecule has 2 aromatic carbocycles. The number of amidine groups is 1. The molecule has 1 atom stereocenters. The van der Waals surface area contributed by atoms with E-state index in [1.54, 1.807) is 11.8 Å². The third-order valence-electron chi connectivity index (χ3n) is 5.80. The fourth-order valence-electron chi connectivity index (χ4n) is 3.93. The number of hydrogen-bond acceptors (Lipinski definition) is 6. The molecule has 2 aliphatic heterocycles. The van der Waals surface area contributed by atoms with E-state index in [-0.39, 0.29) is 12.5 Å². The molecule has 2 heterocycles. The number of carbonyl (C=O) groups excluding carboxylic acids is 2. The SMILES string of the molecule is CC1=C(C(=O)OCc2ccccc2)C(c2ccc(OCCC(C)C)cc2)N2C(=O)CCSC2=N1. The molecule has 7 heteroatoms. The molecule has 0 bridgehead atoms. The average molecular weight is 479 g/mol. The predicted octanol–water partition coefficient (Wildman–Crippen LogP) is 5.51. The quantitative estimate of drug-likeness (QED) is 0.468. The Morgan fingerprint density at radius 3 is 2.59 bits per heavy atom. The van der Waals surface area contributed by atoms with E-state index in [9.17, 15) is 9.59 Å². The second-order valence-electron chi connectivity index (χ2n) is 8.82. The Morgan fingerprint density at radius 2 is 1.88 bits per heavy atom. The molecule has 0 aromatic heterocycles. The van der Waals surface area contributed by atoms with Crippen LogP contribution in [0.15, 0.2) is 70.9 Å². The van der Waals surface area contributed by atoms with Crippen molar-refractivity contribution in [3.63, 3.8) is 0 Å². The molecule has 178 valence electrons. The van der Waals surface area contributed by atoms with Gasteiger partial charge in [0.15, 0.2) is 5.17 Å². The van der Waals surface area contributed by atoms with E-state index in [1.807, 2.05) is 54.6 Å². The van der Waals surface area contributed by atoms with Gasteiger partial charge in [0.05, 0.1) is 23.9 Å². The Balaban J connectivity index is 1.61. The molecule has 0 saturated carbocycles. The van der Waals surface area contributed by atoms with E-state index in [2.05, 4.69) is 18.8 Å². The first kappa shape index (κ1) is 24.1. The fourth-order valence-corrected chi connectivity index (χ4v) is 4.94. The van der Waals surface area contributed by atoms with Crippen molar-refractivity contribution >= 4 is 28.8 Å². The zero-order chi connectivity index (χ0) is 24.1. The third kappa shape index (κ3) is 5.53. The first-order valence-corrected chi connectivity index (χ1v) is 12.6. The van der Waals surface area contributed by atoms with Gasteiger partial charge >= 0.3 is 5.97 Å². The summed E-state index contributed by atoms with van der Waals surface area (Å²) in [6.45, 7) is 6.93. The van der Waals surface area contributed by atoms with Crippen LogP contribution in [0.4, 0.5) is 0 Å². The molecule has 1 fully saturated rings. The van der Waals surface area contributed by atoms with Gasteiger partial charge in [0.25, 0.3) is 0 Å². The minimum absolute atomic E-state index is 0.0411. The van der Waals surface area contributed by atoms with Crippen LogP contribution in [0.25, 0.3) is 0 Å². The van der Waals surface area contributed by atoms with E-state index >= 15 is 0 Å². The summed E-state index contributed by atoms with van der Waals surface area (Å²) in [5.74, 6) is 1.52. The second-order valence-corrected chi connectivity index (χ2v) is 9.88. The second kappa shape index (κ2) is 10.9. The normalized spacial score (nSPS) is 18.0. The summed E-state index contributed by atoms with van der Waals surface area (Å²) >= 11 is 1.54. The number of fused-ring (bicyclic) bond motifs is 1. The maximum atomic E-state index is 13.3. The lowest BCUT2D eigenvalue weighted by Gasteiger charge is -2.38. The third-order valence-corrected chi connectivity index (χ3v) is 6.75. The van der Waals surface area contributed by atoms with Crippen LogP contribution in [0.2, 0.25) is 0 Å². The van der Waals surface area contributed by atoms with Crippen LogP contribution < -0.4 is 4.74 Å². The van der Waals surface area contributed by atoms with Gasteiger partial charge in [-0.05, 0) is 42.5 Å². The molecular weight excluding hydrogens is 448 g/mol. The largest absolute Gasteiger partial charge is 0.494 e. The smallest absolute Gasteiger partial charge is 0.338 e. The summed E-state index contributed by atoms with van der Waals surface area (Å²) < 4.78 is 11.5. The summed E-state index contributed by atoms with van der Waals surface area (Å²) in [7, 11) is 0. The lowest BCUT2D eigenvalue weighted by Crippen LogP contribution is -2.45. The Hall–Kier alpha value is -3.06. The van der Waals surface area contributed by atoms with Crippen LogP contribution in [-0.4, -0.2) is 34.3 Å². The van der Waals surface area contributed by atoms with Gasteiger partial charge in [0, 0.05) is 12.2 Å². The highest BCUT2D eigenvalue weighted by Crippen LogP contribution is 2.40. The zero-order valence-corrected chi connectivity index (χ0v) is 20.6. The molecule has 0 aliphatic carbocycles. The molecule has 0 spiro atoms. The number of benzene rings is 2. The molecular formula is C27H30N2O4S. The van der Waals surface area contributed by atoms with Crippen molar-refractivity contribution in [3.05, 3.63) is 77.0 Å². The molecule has 1 amide bonds. The number of hydrogen-bond donors (Lipinski definition) is 0. The summed E-state index contributed by atoms with van der Waals surface area (Å²) in [5, 5.41) is 0.635. The monoisotopic (exact) mass is 478 g/mol. The Labute approximate surface area is 205 Å². The number of carbonyl (C=O) groups is 2. The lowest BCUT2D eigenvalue weighted by molar-refractivity contribution is -0.141. The van der Waals surface area contributed by atoms with Crippen molar-refractivity contribution in [1.29, 1.82) is 0 Å². The van der Waals surface area contributed by atoms with Gasteiger partial charge in [-0.3, -0.25) is 9.69 Å². The maximum absolute atomic E-state index is 13.3. The van der Waals surface area contributed by atoms with Crippen molar-refractivity contribution in [1.82, 2.24) is 4.90 Å². The lowest BCUT2D eigenvalue weighted by atomic mass is 9.94. The van der Waals surface area contributed by atoms with Gasteiger partial charge in [0.2, 0.25) is 5.91 Å². The Bertz CT molecular complexity index is 1090.